The van der Waals surface area contributed by atoms with Gasteiger partial charge in [-0.2, -0.15) is 0 Å². The molecule has 2 aromatic rings. The van der Waals surface area contributed by atoms with Gasteiger partial charge >= 0.3 is 121 Å². The predicted molar refractivity (Wildman–Crippen MR) is 80.7 cm³/mol. The van der Waals surface area contributed by atoms with Gasteiger partial charge in [-0.1, -0.05) is 0 Å². The van der Waals surface area contributed by atoms with Gasteiger partial charge < -0.3 is 0 Å². The first-order valence-corrected chi connectivity index (χ1v) is 8.89. The Morgan fingerprint density at radius 2 is 2.05 bits per heavy atom. The molecular weight excluding hydrogens is 299 g/mol. The molecule has 1 unspecified atom stereocenters. The third kappa shape index (κ3) is 2.70. The number of benzene rings is 2. The monoisotopic (exact) mass is 318 g/mol. The fourth-order valence-electron chi connectivity index (χ4n) is 2.68. The van der Waals surface area contributed by atoms with E-state index >= 15 is 0 Å². The van der Waals surface area contributed by atoms with E-state index < -0.39 is 0 Å². The van der Waals surface area contributed by atoms with Crippen LogP contribution in [0.1, 0.15) is 30.4 Å². The normalized spacial score (nSPS) is 17.8. The van der Waals surface area contributed by atoms with Crippen molar-refractivity contribution in [3.63, 3.8) is 0 Å². The summed E-state index contributed by atoms with van der Waals surface area (Å²) in [6, 6.07) is 17.5. The van der Waals surface area contributed by atoms with Crippen LogP contribution in [0.15, 0.2) is 48.5 Å². The van der Waals surface area contributed by atoms with E-state index in [0.717, 1.165) is 12.4 Å². The van der Waals surface area contributed by atoms with Crippen LogP contribution in [-0.4, -0.2) is 21.6 Å². The van der Waals surface area contributed by atoms with Gasteiger partial charge in [-0.15, -0.1) is 0 Å². The van der Waals surface area contributed by atoms with Crippen molar-refractivity contribution in [1.82, 2.24) is 0 Å². The van der Waals surface area contributed by atoms with E-state index in [9.17, 15) is 0 Å². The predicted octanol–water partition coefficient (Wildman–Crippen LogP) is 3.37. The summed E-state index contributed by atoms with van der Waals surface area (Å²) >= 11 is 0.657. The Bertz CT molecular complexity index is 565. The van der Waals surface area contributed by atoms with Crippen LogP contribution in [0.3, 0.4) is 0 Å². The van der Waals surface area contributed by atoms with Crippen molar-refractivity contribution in [3.05, 3.63) is 59.7 Å². The van der Waals surface area contributed by atoms with Gasteiger partial charge in [0.15, 0.2) is 0 Å². The Hall–Kier alpha value is -1.24. The molecule has 0 amide bonds. The molecule has 1 heterocycles. The average molecular weight is 317 g/mol. The molecule has 0 spiro atoms. The molecule has 0 N–H and O–H groups in total. The third-order valence-corrected chi connectivity index (χ3v) is 5.89. The number of rotatable bonds is 3. The Morgan fingerprint density at radius 1 is 1.16 bits per heavy atom. The second-order valence-corrected chi connectivity index (χ2v) is 7.12. The molecule has 1 aliphatic rings. The van der Waals surface area contributed by atoms with Gasteiger partial charge in [-0.05, 0) is 0 Å². The average Bonchev–Trinajstić information content (AvgIpc) is 2.47. The van der Waals surface area contributed by atoms with Crippen LogP contribution < -0.4 is 9.20 Å². The SMILES string of the molecule is CCOc1cccc(C2CC[Se]c3ccccc32)c1. The van der Waals surface area contributed by atoms with E-state index in [4.69, 9.17) is 4.74 Å². The van der Waals surface area contributed by atoms with Crippen molar-refractivity contribution < 1.29 is 4.74 Å². The van der Waals surface area contributed by atoms with Crippen molar-refractivity contribution in [2.45, 2.75) is 24.6 Å². The van der Waals surface area contributed by atoms with Crippen molar-refractivity contribution >= 4 is 19.4 Å². The summed E-state index contributed by atoms with van der Waals surface area (Å²) in [6.07, 6.45) is 1.27. The van der Waals surface area contributed by atoms with Gasteiger partial charge in [0.1, 0.15) is 0 Å². The minimum atomic E-state index is 0.548. The second-order valence-electron chi connectivity index (χ2n) is 4.73. The molecule has 0 aromatic heterocycles. The minimum absolute atomic E-state index is 0.548. The molecule has 0 radical (unpaired) electrons. The first-order chi connectivity index (χ1) is 9.38. The number of ether oxygens (including phenoxy) is 1. The quantitative estimate of drug-likeness (QED) is 0.789. The second kappa shape index (κ2) is 5.81. The summed E-state index contributed by atoms with van der Waals surface area (Å²) in [6.45, 7) is 2.76. The first-order valence-electron chi connectivity index (χ1n) is 6.83. The van der Waals surface area contributed by atoms with Gasteiger partial charge in [-0.25, -0.2) is 0 Å². The molecule has 0 aliphatic carbocycles. The molecule has 2 heteroatoms. The van der Waals surface area contributed by atoms with Crippen LogP contribution in [-0.2, 0) is 0 Å². The summed E-state index contributed by atoms with van der Waals surface area (Å²) in [5, 5.41) is 1.34. The van der Waals surface area contributed by atoms with Crippen molar-refractivity contribution in [3.8, 4) is 5.75 Å². The van der Waals surface area contributed by atoms with E-state index in [1.807, 2.05) is 13.0 Å². The summed E-state index contributed by atoms with van der Waals surface area (Å²) in [7, 11) is 0. The zero-order valence-corrected chi connectivity index (χ0v) is 12.8. The first kappa shape index (κ1) is 12.8. The molecule has 0 bridgehead atoms. The van der Waals surface area contributed by atoms with Crippen LogP contribution >= 0.6 is 0 Å². The number of hydrogen-bond donors (Lipinski definition) is 0. The van der Waals surface area contributed by atoms with Gasteiger partial charge in [-0.3, -0.25) is 0 Å². The van der Waals surface area contributed by atoms with Crippen molar-refractivity contribution in [1.29, 1.82) is 0 Å². The van der Waals surface area contributed by atoms with Crippen molar-refractivity contribution in [2.24, 2.45) is 0 Å². The maximum atomic E-state index is 5.63. The van der Waals surface area contributed by atoms with Crippen LogP contribution in [0.5, 0.6) is 5.75 Å². The van der Waals surface area contributed by atoms with Crippen LogP contribution in [0.4, 0.5) is 0 Å². The standard InChI is InChI=1S/C17H18OSe/c1-2-18-14-7-5-6-13(12-14)15-10-11-19-17-9-4-3-8-16(15)17/h3-9,12,15H,2,10-11H2,1H3. The Balaban J connectivity index is 1.97. The number of hydrogen-bond acceptors (Lipinski definition) is 1. The van der Waals surface area contributed by atoms with Gasteiger partial charge in [0, 0.05) is 0 Å². The van der Waals surface area contributed by atoms with Gasteiger partial charge in [0.05, 0.1) is 0 Å². The fraction of sp³-hybridized carbons (Fsp3) is 0.294. The van der Waals surface area contributed by atoms with E-state index in [0.29, 0.717) is 20.9 Å². The summed E-state index contributed by atoms with van der Waals surface area (Å²) in [4.78, 5) is 0. The van der Waals surface area contributed by atoms with E-state index in [1.165, 1.54) is 22.9 Å². The molecule has 0 saturated heterocycles. The van der Waals surface area contributed by atoms with Crippen molar-refractivity contribution in [2.75, 3.05) is 6.61 Å². The molecule has 0 fully saturated rings. The molecule has 19 heavy (non-hydrogen) atoms. The van der Waals surface area contributed by atoms with Crippen LogP contribution in [0.2, 0.25) is 5.32 Å². The topological polar surface area (TPSA) is 9.23 Å². The zero-order chi connectivity index (χ0) is 13.1. The summed E-state index contributed by atoms with van der Waals surface area (Å²) < 4.78 is 7.21. The van der Waals surface area contributed by atoms with E-state index in [-0.39, 0.29) is 0 Å². The summed E-state index contributed by atoms with van der Waals surface area (Å²) in [5.74, 6) is 1.54. The Kier molecular flexibility index (Phi) is 3.91. The fourth-order valence-corrected chi connectivity index (χ4v) is 5.04. The maximum absolute atomic E-state index is 5.63. The molecule has 3 rings (SSSR count). The molecule has 0 saturated carbocycles. The number of fused-ring (bicyclic) bond motifs is 1. The van der Waals surface area contributed by atoms with E-state index in [1.54, 1.807) is 4.46 Å². The molecule has 2 aromatic carbocycles. The molecule has 98 valence electrons. The van der Waals surface area contributed by atoms with Crippen LogP contribution in [0.25, 0.3) is 0 Å². The van der Waals surface area contributed by atoms with Gasteiger partial charge in [0.2, 0.25) is 0 Å². The zero-order valence-electron chi connectivity index (χ0n) is 11.1. The Morgan fingerprint density at radius 3 is 2.95 bits per heavy atom. The third-order valence-electron chi connectivity index (χ3n) is 3.53. The van der Waals surface area contributed by atoms with E-state index in [2.05, 4.69) is 42.5 Å². The van der Waals surface area contributed by atoms with Gasteiger partial charge in [0.25, 0.3) is 0 Å². The molecule has 1 nitrogen and oxygen atoms in total. The van der Waals surface area contributed by atoms with Crippen LogP contribution in [0, 0.1) is 0 Å². The molecule has 1 aliphatic heterocycles. The summed E-state index contributed by atoms with van der Waals surface area (Å²) in [5.41, 5.74) is 2.93. The molecular formula is C17H18OSe. The molecule has 1 atom stereocenters. The Labute approximate surface area is 121 Å².